The maximum atomic E-state index is 14.0. The Labute approximate surface area is 154 Å². The molecule has 3 rings (SSSR count). The van der Waals surface area contributed by atoms with Crippen molar-refractivity contribution in [3.05, 3.63) is 68.2 Å². The van der Waals surface area contributed by atoms with Gasteiger partial charge in [-0.1, -0.05) is 26.0 Å². The van der Waals surface area contributed by atoms with Gasteiger partial charge in [0.2, 0.25) is 0 Å². The lowest BCUT2D eigenvalue weighted by atomic mass is 10.0. The molecule has 0 bridgehead atoms. The standard InChI is InChI=1S/C19H19FN4O3/c1-10(2)12-9-21-16-14(18(26)24(4)19(27)23(16)3)15(12)22-17(25)11-7-5-6-8-13(11)20/h5-10H,1-4H3,(H,21,22,25). The summed E-state index contributed by atoms with van der Waals surface area (Å²) in [6.45, 7) is 3.77. The van der Waals surface area contributed by atoms with Crippen LogP contribution in [-0.4, -0.2) is 20.0 Å². The van der Waals surface area contributed by atoms with Crippen LogP contribution in [0.2, 0.25) is 0 Å². The number of nitrogens with one attached hydrogen (secondary N) is 1. The maximum Gasteiger partial charge on any atom is 0.332 e. The lowest BCUT2D eigenvalue weighted by molar-refractivity contribution is 0.102. The van der Waals surface area contributed by atoms with Crippen LogP contribution in [0.15, 0.2) is 40.1 Å². The number of hydrogen-bond donors (Lipinski definition) is 1. The molecule has 0 fully saturated rings. The third-order valence-corrected chi connectivity index (χ3v) is 4.48. The quantitative estimate of drug-likeness (QED) is 0.765. The number of fused-ring (bicyclic) bond motifs is 1. The molecular formula is C19H19FN4O3. The number of aromatic nitrogens is 3. The molecular weight excluding hydrogens is 351 g/mol. The summed E-state index contributed by atoms with van der Waals surface area (Å²) in [4.78, 5) is 41.8. The summed E-state index contributed by atoms with van der Waals surface area (Å²) in [5.41, 5.74) is -0.242. The molecule has 0 aliphatic rings. The third kappa shape index (κ3) is 3.03. The second-order valence-electron chi connectivity index (χ2n) is 6.58. The van der Waals surface area contributed by atoms with Gasteiger partial charge in [-0.2, -0.15) is 0 Å². The van der Waals surface area contributed by atoms with Gasteiger partial charge in [0.25, 0.3) is 11.5 Å². The number of nitrogens with zero attached hydrogens (tertiary/aromatic N) is 3. The molecule has 27 heavy (non-hydrogen) atoms. The normalized spacial score (nSPS) is 11.2. The zero-order valence-electron chi connectivity index (χ0n) is 15.4. The fraction of sp³-hybridized carbons (Fsp3) is 0.263. The second-order valence-corrected chi connectivity index (χ2v) is 6.58. The van der Waals surface area contributed by atoms with Crippen LogP contribution in [0.1, 0.15) is 35.7 Å². The van der Waals surface area contributed by atoms with E-state index in [0.29, 0.717) is 5.56 Å². The van der Waals surface area contributed by atoms with Crippen LogP contribution in [0.3, 0.4) is 0 Å². The molecule has 1 N–H and O–H groups in total. The molecule has 0 aliphatic carbocycles. The van der Waals surface area contributed by atoms with E-state index in [4.69, 9.17) is 0 Å². The molecule has 7 nitrogen and oxygen atoms in total. The summed E-state index contributed by atoms with van der Waals surface area (Å²) in [5, 5.41) is 2.77. The van der Waals surface area contributed by atoms with Crippen LogP contribution < -0.4 is 16.6 Å². The number of carbonyl (C=O) groups is 1. The molecule has 0 radical (unpaired) electrons. The Kier molecular flexibility index (Phi) is 4.65. The SMILES string of the molecule is CC(C)c1cnc2c(c1NC(=O)c1ccccc1F)c(=O)n(C)c(=O)n2C. The van der Waals surface area contributed by atoms with E-state index in [9.17, 15) is 18.8 Å². The Hall–Kier alpha value is -3.29. The van der Waals surface area contributed by atoms with Crippen molar-refractivity contribution in [3.8, 4) is 0 Å². The molecule has 0 spiro atoms. The average Bonchev–Trinajstić information content (AvgIpc) is 2.64. The molecule has 140 valence electrons. The minimum atomic E-state index is -0.682. The first-order valence-corrected chi connectivity index (χ1v) is 8.38. The van der Waals surface area contributed by atoms with Crippen molar-refractivity contribution in [1.82, 2.24) is 14.1 Å². The first-order valence-electron chi connectivity index (χ1n) is 8.38. The van der Waals surface area contributed by atoms with E-state index >= 15 is 0 Å². The van der Waals surface area contributed by atoms with Crippen molar-refractivity contribution in [2.45, 2.75) is 19.8 Å². The third-order valence-electron chi connectivity index (χ3n) is 4.48. The Balaban J connectivity index is 2.31. The second kappa shape index (κ2) is 6.79. The Morgan fingerprint density at radius 3 is 2.44 bits per heavy atom. The number of benzene rings is 1. The van der Waals surface area contributed by atoms with E-state index in [0.717, 1.165) is 4.57 Å². The lowest BCUT2D eigenvalue weighted by Gasteiger charge is -2.17. The molecule has 1 amide bonds. The zero-order chi connectivity index (χ0) is 19.9. The molecule has 8 heteroatoms. The summed E-state index contributed by atoms with van der Waals surface area (Å²) < 4.78 is 16.2. The van der Waals surface area contributed by atoms with Crippen molar-refractivity contribution < 1.29 is 9.18 Å². The maximum absolute atomic E-state index is 14.0. The fourth-order valence-corrected chi connectivity index (χ4v) is 2.94. The van der Waals surface area contributed by atoms with E-state index in [1.165, 1.54) is 43.1 Å². The predicted molar refractivity (Wildman–Crippen MR) is 101 cm³/mol. The molecule has 3 aromatic rings. The topological polar surface area (TPSA) is 86.0 Å². The van der Waals surface area contributed by atoms with Gasteiger partial charge in [-0.15, -0.1) is 0 Å². The highest BCUT2D eigenvalue weighted by atomic mass is 19.1. The summed E-state index contributed by atoms with van der Waals surface area (Å²) >= 11 is 0. The van der Waals surface area contributed by atoms with Crippen LogP contribution in [0.25, 0.3) is 11.0 Å². The summed E-state index contributed by atoms with van der Waals surface area (Å²) in [6, 6.07) is 5.58. The molecule has 2 aromatic heterocycles. The number of amides is 1. The van der Waals surface area contributed by atoms with Crippen molar-refractivity contribution >= 4 is 22.6 Å². The van der Waals surface area contributed by atoms with E-state index in [1.807, 2.05) is 13.8 Å². The van der Waals surface area contributed by atoms with Gasteiger partial charge in [0, 0.05) is 20.3 Å². The molecule has 0 saturated carbocycles. The number of rotatable bonds is 3. The van der Waals surface area contributed by atoms with Crippen LogP contribution >= 0.6 is 0 Å². The van der Waals surface area contributed by atoms with Crippen LogP contribution in [0.5, 0.6) is 0 Å². The van der Waals surface area contributed by atoms with Crippen molar-refractivity contribution in [2.75, 3.05) is 5.32 Å². The van der Waals surface area contributed by atoms with Gasteiger partial charge in [0.1, 0.15) is 11.2 Å². The van der Waals surface area contributed by atoms with Crippen molar-refractivity contribution in [3.63, 3.8) is 0 Å². The van der Waals surface area contributed by atoms with Gasteiger partial charge >= 0.3 is 5.69 Å². The zero-order valence-corrected chi connectivity index (χ0v) is 15.4. The minimum absolute atomic E-state index is 0.0697. The van der Waals surface area contributed by atoms with E-state index in [-0.39, 0.29) is 28.2 Å². The highest BCUT2D eigenvalue weighted by Gasteiger charge is 2.21. The molecule has 0 aliphatic heterocycles. The first-order chi connectivity index (χ1) is 12.7. The van der Waals surface area contributed by atoms with E-state index < -0.39 is 23.0 Å². The van der Waals surface area contributed by atoms with Gasteiger partial charge in [-0.3, -0.25) is 18.7 Å². The Bertz CT molecular complexity index is 1180. The van der Waals surface area contributed by atoms with Gasteiger partial charge in [0.15, 0.2) is 5.65 Å². The minimum Gasteiger partial charge on any atom is -0.321 e. The van der Waals surface area contributed by atoms with E-state index in [1.54, 1.807) is 6.07 Å². The number of hydrogen-bond acceptors (Lipinski definition) is 4. The number of halogens is 1. The van der Waals surface area contributed by atoms with Gasteiger partial charge in [-0.05, 0) is 23.6 Å². The number of carbonyl (C=O) groups excluding carboxylic acids is 1. The smallest absolute Gasteiger partial charge is 0.321 e. The number of pyridine rings is 1. The van der Waals surface area contributed by atoms with Gasteiger partial charge in [-0.25, -0.2) is 14.2 Å². The Morgan fingerprint density at radius 2 is 1.81 bits per heavy atom. The largest absolute Gasteiger partial charge is 0.332 e. The van der Waals surface area contributed by atoms with Crippen molar-refractivity contribution in [1.29, 1.82) is 0 Å². The van der Waals surface area contributed by atoms with Gasteiger partial charge < -0.3 is 5.32 Å². The van der Waals surface area contributed by atoms with Crippen LogP contribution in [0, 0.1) is 5.82 Å². The van der Waals surface area contributed by atoms with Crippen molar-refractivity contribution in [2.24, 2.45) is 14.1 Å². The summed E-state index contributed by atoms with van der Waals surface area (Å²) in [5.74, 6) is -1.42. The first kappa shape index (κ1) is 18.5. The Morgan fingerprint density at radius 1 is 1.15 bits per heavy atom. The van der Waals surface area contributed by atoms with Crippen LogP contribution in [-0.2, 0) is 14.1 Å². The molecule has 1 aromatic carbocycles. The monoisotopic (exact) mass is 370 g/mol. The summed E-state index contributed by atoms with van der Waals surface area (Å²) in [6.07, 6.45) is 1.52. The highest BCUT2D eigenvalue weighted by molar-refractivity contribution is 6.09. The predicted octanol–water partition coefficient (Wildman–Crippen LogP) is 2.15. The molecule has 0 saturated heterocycles. The lowest BCUT2D eigenvalue weighted by Crippen LogP contribution is -2.38. The highest BCUT2D eigenvalue weighted by Crippen LogP contribution is 2.29. The molecule has 2 heterocycles. The molecule has 0 atom stereocenters. The fourth-order valence-electron chi connectivity index (χ4n) is 2.94. The van der Waals surface area contributed by atoms with Gasteiger partial charge in [0.05, 0.1) is 11.3 Å². The number of anilines is 1. The van der Waals surface area contributed by atoms with Crippen LogP contribution in [0.4, 0.5) is 10.1 Å². The number of aryl methyl sites for hydroxylation is 1. The molecule has 0 unspecified atom stereocenters. The summed E-state index contributed by atoms with van der Waals surface area (Å²) in [7, 11) is 2.85. The van der Waals surface area contributed by atoms with E-state index in [2.05, 4.69) is 10.3 Å². The average molecular weight is 370 g/mol.